The summed E-state index contributed by atoms with van der Waals surface area (Å²) >= 11 is 9.14. The molecule has 2 aromatic heterocycles. The van der Waals surface area contributed by atoms with Crippen LogP contribution < -0.4 is 10.6 Å². The van der Waals surface area contributed by atoms with Gasteiger partial charge in [0.25, 0.3) is 0 Å². The van der Waals surface area contributed by atoms with E-state index in [1.807, 2.05) is 11.4 Å². The first kappa shape index (κ1) is 34.0. The smallest absolute Gasteiger partial charge is 0.437 e. The Morgan fingerprint density at radius 2 is 1.96 bits per heavy atom. The highest BCUT2D eigenvalue weighted by Crippen LogP contribution is 2.52. The van der Waals surface area contributed by atoms with Gasteiger partial charge in [-0.1, -0.05) is 47.6 Å². The van der Waals surface area contributed by atoms with Gasteiger partial charge in [0.15, 0.2) is 5.78 Å². The number of benzene rings is 1. The number of amides is 1. The summed E-state index contributed by atoms with van der Waals surface area (Å²) in [7, 11) is 0. The fourth-order valence-corrected chi connectivity index (χ4v) is 8.85. The van der Waals surface area contributed by atoms with Crippen molar-refractivity contribution in [3.63, 3.8) is 0 Å². The molecule has 0 saturated heterocycles. The molecule has 0 saturated carbocycles. The number of thiophene rings is 2. The monoisotopic (exact) mass is 709 g/mol. The molecule has 46 heavy (non-hydrogen) atoms. The van der Waals surface area contributed by atoms with Crippen LogP contribution in [0, 0.1) is 17.2 Å². The molecule has 15 heteroatoms. The van der Waals surface area contributed by atoms with Crippen molar-refractivity contribution in [2.45, 2.75) is 50.4 Å². The lowest BCUT2D eigenvalue weighted by atomic mass is 9.70. The normalized spacial score (nSPS) is 21.2. The summed E-state index contributed by atoms with van der Waals surface area (Å²) < 4.78 is 49.7. The number of carbonyl (C=O) groups is 3. The highest BCUT2D eigenvalue weighted by molar-refractivity contribution is 8.03. The number of anilines is 1. The Morgan fingerprint density at radius 3 is 2.61 bits per heavy atom. The lowest BCUT2D eigenvalue weighted by Gasteiger charge is -2.45. The molecular formula is C31H27ClF3N3O5S3. The minimum absolute atomic E-state index is 0.00842. The fraction of sp³-hybridized carbons (Fsp3) is 0.355. The summed E-state index contributed by atoms with van der Waals surface area (Å²) in [6.07, 6.45) is -2.20. The molecule has 3 aromatic rings. The first-order chi connectivity index (χ1) is 21.9. The van der Waals surface area contributed by atoms with Crippen LogP contribution in [0.15, 0.2) is 52.4 Å². The van der Waals surface area contributed by atoms with Gasteiger partial charge in [-0.3, -0.25) is 9.59 Å². The molecule has 1 aromatic carbocycles. The molecule has 0 spiro atoms. The standard InChI is InChI=1S/C31H27ClF3N3O5S3/c1-2-43-29(41)24-17-9-4-6-11-20(17)46-28(24)37-22(39)15-45-27-18(14-36)23(16-8-3-5-10-19(16)32)25(26(40)21-12-7-13-44-21)30(42,38-27)31(33,34)35/h3,5,7-8,10,12-13,23,25,38,42H,2,4,6,9,11,15H2,1H3,(H,37,39)/t23-,25-,30-/m0/s1. The molecule has 2 aliphatic rings. The van der Waals surface area contributed by atoms with Crippen LogP contribution in [0.3, 0.4) is 0 Å². The zero-order chi connectivity index (χ0) is 33.2. The fourth-order valence-electron chi connectivity index (χ4n) is 5.70. The first-order valence-electron chi connectivity index (χ1n) is 14.2. The topological polar surface area (TPSA) is 129 Å². The van der Waals surface area contributed by atoms with E-state index < -0.39 is 52.2 Å². The van der Waals surface area contributed by atoms with Crippen molar-refractivity contribution >= 4 is 68.7 Å². The summed E-state index contributed by atoms with van der Waals surface area (Å²) in [5.74, 6) is -6.62. The second-order valence-electron chi connectivity index (χ2n) is 10.5. The predicted octanol–water partition coefficient (Wildman–Crippen LogP) is 7.06. The number of ketones is 1. The number of allylic oxidation sites excluding steroid dienone is 1. The van der Waals surface area contributed by atoms with Crippen molar-refractivity contribution in [1.82, 2.24) is 5.32 Å². The number of thioether (sulfide) groups is 1. The highest BCUT2D eigenvalue weighted by atomic mass is 35.5. The van der Waals surface area contributed by atoms with Gasteiger partial charge in [0.1, 0.15) is 5.00 Å². The largest absolute Gasteiger partial charge is 0.462 e. The molecule has 3 N–H and O–H groups in total. The number of Topliss-reactive ketones (excluding diaryl/α,β-unsaturated/α-hetero) is 1. The van der Waals surface area contributed by atoms with Crippen molar-refractivity contribution in [2.24, 2.45) is 5.92 Å². The maximum absolute atomic E-state index is 14.8. The maximum atomic E-state index is 14.8. The van der Waals surface area contributed by atoms with Crippen LogP contribution in [-0.2, 0) is 22.4 Å². The number of nitriles is 1. The van der Waals surface area contributed by atoms with Crippen molar-refractivity contribution in [1.29, 1.82) is 5.26 Å². The predicted molar refractivity (Wildman–Crippen MR) is 171 cm³/mol. The summed E-state index contributed by atoms with van der Waals surface area (Å²) in [6.45, 7) is 1.80. The number of esters is 1. The van der Waals surface area contributed by atoms with E-state index in [1.165, 1.54) is 47.0 Å². The number of carbonyl (C=O) groups excluding carboxylic acids is 3. The molecule has 0 unspecified atom stereocenters. The molecule has 0 fully saturated rings. The van der Waals surface area contributed by atoms with Gasteiger partial charge in [0.2, 0.25) is 11.6 Å². The van der Waals surface area contributed by atoms with Crippen LogP contribution in [-0.4, -0.2) is 47.0 Å². The van der Waals surface area contributed by atoms with Gasteiger partial charge in [-0.25, -0.2) is 4.79 Å². The molecule has 0 bridgehead atoms. The van der Waals surface area contributed by atoms with Crippen LogP contribution in [0.4, 0.5) is 18.2 Å². The van der Waals surface area contributed by atoms with Gasteiger partial charge in [0.05, 0.1) is 45.4 Å². The molecule has 1 aliphatic carbocycles. The van der Waals surface area contributed by atoms with Crippen molar-refractivity contribution in [3.05, 3.63) is 83.8 Å². The van der Waals surface area contributed by atoms with E-state index in [4.69, 9.17) is 16.3 Å². The molecule has 1 aliphatic heterocycles. The Kier molecular flexibility index (Phi) is 10.2. The number of hydrogen-bond acceptors (Lipinski definition) is 10. The Labute approximate surface area is 279 Å². The molecular weight excluding hydrogens is 683 g/mol. The van der Waals surface area contributed by atoms with Crippen molar-refractivity contribution in [2.75, 3.05) is 17.7 Å². The van der Waals surface area contributed by atoms with E-state index in [-0.39, 0.29) is 38.2 Å². The van der Waals surface area contributed by atoms with Crippen LogP contribution in [0.2, 0.25) is 5.02 Å². The second-order valence-corrected chi connectivity index (χ2v) is 14.0. The van der Waals surface area contributed by atoms with Gasteiger partial charge < -0.3 is 20.5 Å². The number of alkyl halides is 3. The van der Waals surface area contributed by atoms with E-state index in [2.05, 4.69) is 5.32 Å². The quantitative estimate of drug-likeness (QED) is 0.159. The van der Waals surface area contributed by atoms with E-state index in [9.17, 15) is 37.9 Å². The number of rotatable bonds is 9. The third kappa shape index (κ3) is 6.44. The molecule has 8 nitrogen and oxygen atoms in total. The SMILES string of the molecule is CCOC(=O)c1c(NC(=O)CSC2=C(C#N)[C@H](c3ccccc3Cl)[C@@H](C(=O)c3cccs3)[C@](O)(C(F)(F)F)N2)sc2c1CCCC2. The van der Waals surface area contributed by atoms with Crippen LogP contribution >= 0.6 is 46.0 Å². The Balaban J connectivity index is 1.52. The zero-order valence-electron chi connectivity index (χ0n) is 24.2. The summed E-state index contributed by atoms with van der Waals surface area (Å²) in [5, 5.41) is 27.8. The third-order valence-electron chi connectivity index (χ3n) is 7.73. The average molecular weight is 710 g/mol. The van der Waals surface area contributed by atoms with Gasteiger partial charge in [-0.2, -0.15) is 18.4 Å². The maximum Gasteiger partial charge on any atom is 0.437 e. The Bertz CT molecular complexity index is 1730. The molecule has 242 valence electrons. The molecule has 3 atom stereocenters. The lowest BCUT2D eigenvalue weighted by Crippen LogP contribution is -2.66. The molecule has 0 radical (unpaired) electrons. The highest BCUT2D eigenvalue weighted by Gasteiger charge is 2.66. The molecule has 1 amide bonds. The molecule has 5 rings (SSSR count). The second kappa shape index (κ2) is 13.8. The summed E-state index contributed by atoms with van der Waals surface area (Å²) in [4.78, 5) is 40.6. The Morgan fingerprint density at radius 1 is 1.22 bits per heavy atom. The van der Waals surface area contributed by atoms with Gasteiger partial charge in [-0.15, -0.1) is 22.7 Å². The number of ether oxygens (including phenoxy) is 1. The third-order valence-corrected chi connectivity index (χ3v) is 11.2. The number of nitrogens with one attached hydrogen (secondary N) is 2. The summed E-state index contributed by atoms with van der Waals surface area (Å²) in [5.41, 5.74) is -3.01. The number of nitrogens with zero attached hydrogens (tertiary/aromatic N) is 1. The minimum Gasteiger partial charge on any atom is -0.462 e. The number of fused-ring (bicyclic) bond motifs is 1. The average Bonchev–Trinajstić information content (AvgIpc) is 3.68. The van der Waals surface area contributed by atoms with Crippen molar-refractivity contribution in [3.8, 4) is 6.07 Å². The van der Waals surface area contributed by atoms with Crippen molar-refractivity contribution < 1.29 is 37.4 Å². The molecule has 3 heterocycles. The van der Waals surface area contributed by atoms with Crippen LogP contribution in [0.1, 0.15) is 61.7 Å². The van der Waals surface area contributed by atoms with Gasteiger partial charge in [0, 0.05) is 15.8 Å². The number of aliphatic hydroxyl groups is 1. The van der Waals surface area contributed by atoms with E-state index in [0.29, 0.717) is 18.2 Å². The van der Waals surface area contributed by atoms with Gasteiger partial charge >= 0.3 is 12.1 Å². The lowest BCUT2D eigenvalue weighted by molar-refractivity contribution is -0.285. The number of halogens is 4. The van der Waals surface area contributed by atoms with E-state index in [1.54, 1.807) is 13.0 Å². The van der Waals surface area contributed by atoms with Crippen LogP contribution in [0.5, 0.6) is 0 Å². The number of hydrogen-bond donors (Lipinski definition) is 3. The zero-order valence-corrected chi connectivity index (χ0v) is 27.4. The minimum atomic E-state index is -5.40. The van der Waals surface area contributed by atoms with Gasteiger partial charge in [-0.05, 0) is 61.2 Å². The summed E-state index contributed by atoms with van der Waals surface area (Å²) in [6, 6.07) is 10.6. The first-order valence-corrected chi connectivity index (χ1v) is 17.2. The van der Waals surface area contributed by atoms with Crippen LogP contribution in [0.25, 0.3) is 0 Å². The number of aryl methyl sites for hydroxylation is 1. The van der Waals surface area contributed by atoms with E-state index in [0.717, 1.165) is 41.0 Å². The van der Waals surface area contributed by atoms with E-state index >= 15 is 0 Å². The Hall–Kier alpha value is -3.35.